The number of terminal acetylenes is 1. The molecule has 74 valence electrons. The third-order valence-electron chi connectivity index (χ3n) is 2.06. The third-order valence-corrected chi connectivity index (χ3v) is 2.06. The molecule has 0 spiro atoms. The first-order valence-corrected chi connectivity index (χ1v) is 4.64. The van der Waals surface area contributed by atoms with E-state index in [-0.39, 0.29) is 0 Å². The van der Waals surface area contributed by atoms with E-state index in [9.17, 15) is 0 Å². The van der Waals surface area contributed by atoms with Gasteiger partial charge in [-0.2, -0.15) is 0 Å². The summed E-state index contributed by atoms with van der Waals surface area (Å²) in [5.74, 6) is 5.20. The zero-order valence-electron chi connectivity index (χ0n) is 8.62. The minimum absolute atomic E-state index is 0.737. The molecule has 0 aliphatic rings. The molecular weight excluding hydrogens is 184 g/mol. The monoisotopic (exact) mass is 196 g/mol. The Morgan fingerprint density at radius 1 is 1.47 bits per heavy atom. The maximum absolute atomic E-state index is 8.56. The van der Waals surface area contributed by atoms with Crippen molar-refractivity contribution in [2.24, 2.45) is 0 Å². The molecule has 0 amide bonds. The number of aliphatic hydroxyl groups excluding tert-OH is 1. The zero-order chi connectivity index (χ0) is 11.1. The summed E-state index contributed by atoms with van der Waals surface area (Å²) in [6.07, 6.45) is 9.87. The van der Waals surface area contributed by atoms with Crippen LogP contribution in [0.2, 0.25) is 0 Å². The fourth-order valence-corrected chi connectivity index (χ4v) is 1.20. The molecular formula is C14H12O. The predicted octanol–water partition coefficient (Wildman–Crippen LogP) is 2.49. The van der Waals surface area contributed by atoms with Gasteiger partial charge in [-0.25, -0.2) is 0 Å². The third kappa shape index (κ3) is 3.25. The van der Waals surface area contributed by atoms with Crippen molar-refractivity contribution < 1.29 is 5.11 Å². The van der Waals surface area contributed by atoms with E-state index in [0.29, 0.717) is 0 Å². The Hall–Kier alpha value is -2.12. The first-order valence-electron chi connectivity index (χ1n) is 4.64. The van der Waals surface area contributed by atoms with Gasteiger partial charge in [-0.05, 0) is 36.5 Å². The summed E-state index contributed by atoms with van der Waals surface area (Å²) in [5, 5.41) is 8.56. The van der Waals surface area contributed by atoms with Gasteiger partial charge in [0.05, 0.1) is 0 Å². The van der Waals surface area contributed by atoms with Crippen molar-refractivity contribution in [3.63, 3.8) is 0 Å². The lowest BCUT2D eigenvalue weighted by molar-refractivity contribution is 0.517. The fourth-order valence-electron chi connectivity index (χ4n) is 1.20. The second-order valence-corrected chi connectivity index (χ2v) is 3.13. The molecule has 0 aliphatic carbocycles. The van der Waals surface area contributed by atoms with Crippen molar-refractivity contribution in [3.05, 3.63) is 47.0 Å². The van der Waals surface area contributed by atoms with Gasteiger partial charge in [-0.15, -0.1) is 6.42 Å². The van der Waals surface area contributed by atoms with Crippen LogP contribution in [0.1, 0.15) is 18.1 Å². The van der Waals surface area contributed by atoms with Crippen LogP contribution in [0.15, 0.2) is 35.9 Å². The molecule has 0 fully saturated rings. The Bertz CT molecular complexity index is 464. The van der Waals surface area contributed by atoms with Crippen molar-refractivity contribution in [2.75, 3.05) is 0 Å². The Morgan fingerprint density at radius 2 is 2.20 bits per heavy atom. The first-order chi connectivity index (χ1) is 7.27. The number of aliphatic hydroxyl groups is 1. The maximum Gasteiger partial charge on any atom is 0.113 e. The summed E-state index contributed by atoms with van der Waals surface area (Å²) >= 11 is 0. The quantitative estimate of drug-likeness (QED) is 0.720. The highest BCUT2D eigenvalue weighted by Crippen LogP contribution is 2.09. The van der Waals surface area contributed by atoms with E-state index in [0.717, 1.165) is 23.1 Å². The van der Waals surface area contributed by atoms with Crippen LogP contribution in [-0.4, -0.2) is 5.11 Å². The van der Waals surface area contributed by atoms with Gasteiger partial charge in [0, 0.05) is 5.56 Å². The van der Waals surface area contributed by atoms with Crippen LogP contribution in [0, 0.1) is 24.4 Å². The van der Waals surface area contributed by atoms with Gasteiger partial charge in [0.1, 0.15) is 6.11 Å². The Balaban J connectivity index is 2.94. The second-order valence-electron chi connectivity index (χ2n) is 3.13. The maximum atomic E-state index is 8.56. The lowest BCUT2D eigenvalue weighted by Crippen LogP contribution is -1.88. The highest BCUT2D eigenvalue weighted by atomic mass is 16.2. The SMILES string of the molecule is C#CC(C)=CCc1ccccc1C#CO. The van der Waals surface area contributed by atoms with Crippen LogP contribution >= 0.6 is 0 Å². The molecule has 1 N–H and O–H groups in total. The minimum Gasteiger partial charge on any atom is -0.462 e. The van der Waals surface area contributed by atoms with Crippen LogP contribution in [-0.2, 0) is 6.42 Å². The summed E-state index contributed by atoms with van der Waals surface area (Å²) < 4.78 is 0. The van der Waals surface area contributed by atoms with Gasteiger partial charge in [0.25, 0.3) is 0 Å². The lowest BCUT2D eigenvalue weighted by atomic mass is 10.0. The molecule has 15 heavy (non-hydrogen) atoms. The normalized spacial score (nSPS) is 10.0. The molecule has 0 unspecified atom stereocenters. The molecule has 1 aromatic carbocycles. The molecule has 0 aliphatic heterocycles. The van der Waals surface area contributed by atoms with Crippen LogP contribution in [0.4, 0.5) is 0 Å². The van der Waals surface area contributed by atoms with E-state index in [1.807, 2.05) is 43.4 Å². The highest BCUT2D eigenvalue weighted by molar-refractivity contribution is 5.42. The molecule has 0 atom stereocenters. The van der Waals surface area contributed by atoms with Crippen molar-refractivity contribution >= 4 is 0 Å². The van der Waals surface area contributed by atoms with Crippen molar-refractivity contribution in [1.82, 2.24) is 0 Å². The molecule has 0 radical (unpaired) electrons. The van der Waals surface area contributed by atoms with E-state index in [1.165, 1.54) is 0 Å². The van der Waals surface area contributed by atoms with Gasteiger partial charge < -0.3 is 5.11 Å². The predicted molar refractivity (Wildman–Crippen MR) is 61.5 cm³/mol. The lowest BCUT2D eigenvalue weighted by Gasteiger charge is -2.00. The molecule has 0 aromatic heterocycles. The van der Waals surface area contributed by atoms with E-state index in [1.54, 1.807) is 0 Å². The Labute approximate surface area is 90.5 Å². The van der Waals surface area contributed by atoms with Gasteiger partial charge >= 0.3 is 0 Å². The number of hydrogen-bond acceptors (Lipinski definition) is 1. The molecule has 1 rings (SSSR count). The summed E-state index contributed by atoms with van der Waals surface area (Å²) in [7, 11) is 0. The summed E-state index contributed by atoms with van der Waals surface area (Å²) in [6.45, 7) is 1.89. The topological polar surface area (TPSA) is 20.2 Å². The van der Waals surface area contributed by atoms with Gasteiger partial charge in [-0.1, -0.05) is 30.2 Å². The molecule has 0 heterocycles. The second kappa shape index (κ2) is 5.58. The van der Waals surface area contributed by atoms with Crippen LogP contribution in [0.25, 0.3) is 0 Å². The number of hydrogen-bond donors (Lipinski definition) is 1. The standard InChI is InChI=1S/C14H12O/c1-3-12(2)8-9-13-6-4-5-7-14(13)10-11-15/h1,4-8,15H,9H2,2H3. The molecule has 0 saturated carbocycles. The molecule has 0 bridgehead atoms. The first kappa shape index (κ1) is 11.0. The van der Waals surface area contributed by atoms with Crippen LogP contribution in [0.5, 0.6) is 0 Å². The van der Waals surface area contributed by atoms with Crippen molar-refractivity contribution in [2.45, 2.75) is 13.3 Å². The van der Waals surface area contributed by atoms with E-state index < -0.39 is 0 Å². The van der Waals surface area contributed by atoms with E-state index >= 15 is 0 Å². The number of allylic oxidation sites excluding steroid dienone is 2. The summed E-state index contributed by atoms with van der Waals surface area (Å²) in [5.41, 5.74) is 2.80. The highest BCUT2D eigenvalue weighted by Gasteiger charge is 1.96. The van der Waals surface area contributed by atoms with Gasteiger partial charge in [0.2, 0.25) is 0 Å². The fraction of sp³-hybridized carbons (Fsp3) is 0.143. The minimum atomic E-state index is 0.737. The Morgan fingerprint density at radius 3 is 2.87 bits per heavy atom. The average Bonchev–Trinajstić information content (AvgIpc) is 2.28. The van der Waals surface area contributed by atoms with Gasteiger partial charge in [0.15, 0.2) is 0 Å². The number of rotatable bonds is 2. The number of benzene rings is 1. The van der Waals surface area contributed by atoms with Crippen molar-refractivity contribution in [3.8, 4) is 24.4 Å². The smallest absolute Gasteiger partial charge is 0.113 e. The van der Waals surface area contributed by atoms with E-state index in [2.05, 4.69) is 11.8 Å². The molecule has 1 nitrogen and oxygen atoms in total. The zero-order valence-corrected chi connectivity index (χ0v) is 8.62. The summed E-state index contributed by atoms with van der Waals surface area (Å²) in [4.78, 5) is 0. The molecule has 1 aromatic rings. The van der Waals surface area contributed by atoms with Gasteiger partial charge in [-0.3, -0.25) is 0 Å². The van der Waals surface area contributed by atoms with Crippen molar-refractivity contribution in [1.29, 1.82) is 0 Å². The van der Waals surface area contributed by atoms with Crippen LogP contribution in [0.3, 0.4) is 0 Å². The summed E-state index contributed by atoms with van der Waals surface area (Å²) in [6, 6.07) is 7.68. The van der Waals surface area contributed by atoms with E-state index in [4.69, 9.17) is 11.5 Å². The molecule has 1 heteroatoms. The van der Waals surface area contributed by atoms with Crippen LogP contribution < -0.4 is 0 Å². The average molecular weight is 196 g/mol. The largest absolute Gasteiger partial charge is 0.462 e. The Kier molecular flexibility index (Phi) is 4.07. The molecule has 0 saturated heterocycles.